The Morgan fingerprint density at radius 1 is 0.528 bits per heavy atom. The topological polar surface area (TPSA) is 0 Å². The summed E-state index contributed by atoms with van der Waals surface area (Å²) in [5, 5.41) is 0. The summed E-state index contributed by atoms with van der Waals surface area (Å²) in [5.74, 6) is 9.46. The van der Waals surface area contributed by atoms with E-state index in [0.717, 1.165) is 59.2 Å². The van der Waals surface area contributed by atoms with Crippen LogP contribution in [0.3, 0.4) is 0 Å². The van der Waals surface area contributed by atoms with Gasteiger partial charge in [-0.05, 0) is 132 Å². The molecular weight excluding hydrogens is 432 g/mol. The minimum absolute atomic E-state index is 0.699. The van der Waals surface area contributed by atoms with E-state index < -0.39 is 0 Å². The summed E-state index contributed by atoms with van der Waals surface area (Å²) >= 11 is 0. The summed E-state index contributed by atoms with van der Waals surface area (Å²) in [6, 6.07) is 9.64. The molecule has 1 aromatic carbocycles. The zero-order valence-corrected chi connectivity index (χ0v) is 25.4. The van der Waals surface area contributed by atoms with Crippen LogP contribution in [-0.4, -0.2) is 0 Å². The third-order valence-corrected chi connectivity index (χ3v) is 11.2. The molecule has 9 atom stereocenters. The highest BCUT2D eigenvalue weighted by molar-refractivity contribution is 5.37. The molecule has 0 N–H and O–H groups in total. The molecule has 0 heterocycles. The molecule has 0 spiro atoms. The van der Waals surface area contributed by atoms with Crippen LogP contribution in [0.25, 0.3) is 0 Å². The van der Waals surface area contributed by atoms with Gasteiger partial charge in [0.1, 0.15) is 0 Å². The van der Waals surface area contributed by atoms with Gasteiger partial charge in [-0.25, -0.2) is 0 Å². The SMILES string of the molecule is CC1CCC(C(C)C)C(c2[c]c(C3CC(C)CCC3C(C)C)cc(C3CC(C)CCC3C(C)C)c2)C1. The second-order valence-electron chi connectivity index (χ2n) is 15.1. The van der Waals surface area contributed by atoms with E-state index >= 15 is 0 Å². The molecule has 203 valence electrons. The van der Waals surface area contributed by atoms with Crippen molar-refractivity contribution in [2.75, 3.05) is 0 Å². The summed E-state index contributed by atoms with van der Waals surface area (Å²) in [5.41, 5.74) is 4.91. The van der Waals surface area contributed by atoms with Crippen LogP contribution in [0, 0.1) is 59.3 Å². The van der Waals surface area contributed by atoms with Crippen molar-refractivity contribution in [2.45, 2.75) is 138 Å². The highest BCUT2D eigenvalue weighted by atomic mass is 14.4. The van der Waals surface area contributed by atoms with Crippen LogP contribution in [0.5, 0.6) is 0 Å². The molecule has 3 saturated carbocycles. The largest absolute Gasteiger partial charge is 0.0625 e. The molecule has 0 amide bonds. The lowest BCUT2D eigenvalue weighted by Crippen LogP contribution is -2.29. The maximum absolute atomic E-state index is 4.23. The Morgan fingerprint density at radius 2 is 0.861 bits per heavy atom. The van der Waals surface area contributed by atoms with E-state index in [1.54, 1.807) is 16.7 Å². The van der Waals surface area contributed by atoms with E-state index in [2.05, 4.69) is 80.5 Å². The van der Waals surface area contributed by atoms with Gasteiger partial charge in [-0.15, -0.1) is 0 Å². The normalized spacial score (nSPS) is 38.2. The van der Waals surface area contributed by atoms with Gasteiger partial charge in [-0.1, -0.05) is 93.7 Å². The standard InChI is InChI=1S/C36H59/c1-22(2)31-13-10-25(7)16-34(31)28-19-29(35-17-26(8)11-14-32(35)23(3)4)21-30(20-28)36-18-27(9)12-15-33(36)24(5)6/h19-20,22-27,31-36H,10-18H2,1-9H3. The number of hydrogen-bond acceptors (Lipinski definition) is 0. The summed E-state index contributed by atoms with van der Waals surface area (Å²) in [6.45, 7) is 22.4. The molecule has 0 nitrogen and oxygen atoms in total. The molecule has 3 aliphatic carbocycles. The first kappa shape index (κ1) is 28.2. The molecule has 9 unspecified atom stereocenters. The smallest absolute Gasteiger partial charge is 0.0108 e. The fourth-order valence-corrected chi connectivity index (χ4v) is 8.96. The van der Waals surface area contributed by atoms with E-state index in [1.807, 2.05) is 0 Å². The van der Waals surface area contributed by atoms with Gasteiger partial charge in [-0.3, -0.25) is 0 Å². The third kappa shape index (κ3) is 6.26. The Balaban J connectivity index is 1.82. The second kappa shape index (κ2) is 11.9. The Kier molecular flexibility index (Phi) is 9.37. The Labute approximate surface area is 225 Å². The van der Waals surface area contributed by atoms with E-state index in [-0.39, 0.29) is 0 Å². The van der Waals surface area contributed by atoms with Crippen LogP contribution in [0.4, 0.5) is 0 Å². The minimum Gasteiger partial charge on any atom is -0.0625 e. The van der Waals surface area contributed by atoms with E-state index in [0.29, 0.717) is 11.8 Å². The minimum atomic E-state index is 0.699. The van der Waals surface area contributed by atoms with Crippen molar-refractivity contribution in [3.8, 4) is 0 Å². The van der Waals surface area contributed by atoms with Gasteiger partial charge in [0.05, 0.1) is 0 Å². The lowest BCUT2D eigenvalue weighted by molar-refractivity contribution is 0.188. The van der Waals surface area contributed by atoms with Crippen LogP contribution in [0.15, 0.2) is 12.1 Å². The van der Waals surface area contributed by atoms with Gasteiger partial charge >= 0.3 is 0 Å². The average molecular weight is 492 g/mol. The summed E-state index contributed by atoms with van der Waals surface area (Å²) in [7, 11) is 0. The second-order valence-corrected chi connectivity index (χ2v) is 15.1. The van der Waals surface area contributed by atoms with Crippen molar-refractivity contribution in [2.24, 2.45) is 53.3 Å². The van der Waals surface area contributed by atoms with Gasteiger partial charge in [0.15, 0.2) is 0 Å². The summed E-state index contributed by atoms with van der Waals surface area (Å²) < 4.78 is 0. The lowest BCUT2D eigenvalue weighted by Gasteiger charge is -2.42. The number of benzene rings is 1. The predicted octanol–water partition coefficient (Wildman–Crippen LogP) is 11.0. The first-order chi connectivity index (χ1) is 17.0. The molecule has 3 fully saturated rings. The lowest BCUT2D eigenvalue weighted by atomic mass is 9.63. The maximum Gasteiger partial charge on any atom is -0.0108 e. The van der Waals surface area contributed by atoms with Crippen molar-refractivity contribution < 1.29 is 0 Å². The van der Waals surface area contributed by atoms with E-state index in [1.165, 1.54) is 57.8 Å². The fourth-order valence-electron chi connectivity index (χ4n) is 8.96. The summed E-state index contributed by atoms with van der Waals surface area (Å²) in [6.07, 6.45) is 12.6. The molecule has 1 aromatic rings. The third-order valence-electron chi connectivity index (χ3n) is 11.2. The van der Waals surface area contributed by atoms with Crippen molar-refractivity contribution in [3.05, 3.63) is 34.9 Å². The van der Waals surface area contributed by atoms with Crippen LogP contribution in [0.1, 0.15) is 155 Å². The summed E-state index contributed by atoms with van der Waals surface area (Å²) in [4.78, 5) is 0. The first-order valence-electron chi connectivity index (χ1n) is 16.1. The predicted molar refractivity (Wildman–Crippen MR) is 158 cm³/mol. The average Bonchev–Trinajstić information content (AvgIpc) is 2.83. The van der Waals surface area contributed by atoms with Gasteiger partial charge in [0.2, 0.25) is 0 Å². The molecule has 1 radical (unpaired) electrons. The highest BCUT2D eigenvalue weighted by Crippen LogP contribution is 2.50. The zero-order chi connectivity index (χ0) is 26.1. The number of hydrogen-bond donors (Lipinski definition) is 0. The van der Waals surface area contributed by atoms with Gasteiger partial charge in [0, 0.05) is 0 Å². The van der Waals surface area contributed by atoms with Crippen molar-refractivity contribution >= 4 is 0 Å². The molecular formula is C36H59. The molecule has 4 rings (SSSR count). The highest BCUT2D eigenvalue weighted by Gasteiger charge is 2.37. The maximum atomic E-state index is 4.23. The van der Waals surface area contributed by atoms with Gasteiger partial charge < -0.3 is 0 Å². The van der Waals surface area contributed by atoms with E-state index in [9.17, 15) is 0 Å². The van der Waals surface area contributed by atoms with Crippen LogP contribution >= 0.6 is 0 Å². The number of rotatable bonds is 6. The molecule has 36 heavy (non-hydrogen) atoms. The van der Waals surface area contributed by atoms with Crippen molar-refractivity contribution in [1.29, 1.82) is 0 Å². The molecule has 3 aliphatic rings. The first-order valence-corrected chi connectivity index (χ1v) is 16.1. The van der Waals surface area contributed by atoms with Crippen LogP contribution < -0.4 is 0 Å². The van der Waals surface area contributed by atoms with E-state index in [4.69, 9.17) is 0 Å². The van der Waals surface area contributed by atoms with Gasteiger partial charge in [-0.2, -0.15) is 0 Å². The zero-order valence-electron chi connectivity index (χ0n) is 25.4. The van der Waals surface area contributed by atoms with Crippen molar-refractivity contribution in [3.63, 3.8) is 0 Å². The van der Waals surface area contributed by atoms with Crippen LogP contribution in [0.2, 0.25) is 0 Å². The van der Waals surface area contributed by atoms with Crippen LogP contribution in [-0.2, 0) is 0 Å². The molecule has 0 saturated heterocycles. The quantitative estimate of drug-likeness (QED) is 0.371. The Bertz CT molecular complexity index is 709. The monoisotopic (exact) mass is 491 g/mol. The molecule has 0 heteroatoms. The Morgan fingerprint density at radius 3 is 1.22 bits per heavy atom. The molecule has 0 aliphatic heterocycles. The van der Waals surface area contributed by atoms with Gasteiger partial charge in [0.25, 0.3) is 0 Å². The molecule has 0 aromatic heterocycles. The molecule has 0 bridgehead atoms. The van der Waals surface area contributed by atoms with Crippen molar-refractivity contribution in [1.82, 2.24) is 0 Å². The fraction of sp³-hybridized carbons (Fsp3) is 0.833. The Hall–Kier alpha value is -0.780.